The van der Waals surface area contributed by atoms with Crippen LogP contribution in [0.5, 0.6) is 5.88 Å². The van der Waals surface area contributed by atoms with E-state index in [0.717, 1.165) is 5.56 Å². The standard InChI is InChI=1S/C19H20ClFN2O3/c1-26-18-6-5-11(10-22-18)19(12-7-13(24)8-12)23-17(25)9-14-15(20)3-2-4-16(14)21/h2-6,10,12-13,19,24H,7-9H2,1H3,(H,23,25)/t12?,13?,19-/m1/s1. The number of methoxy groups -OCH3 is 1. The number of hydrogen-bond acceptors (Lipinski definition) is 4. The lowest BCUT2D eigenvalue weighted by Crippen LogP contribution is -2.42. The number of aromatic nitrogens is 1. The molecular formula is C19H20ClFN2O3. The second-order valence-electron chi connectivity index (χ2n) is 6.44. The summed E-state index contributed by atoms with van der Waals surface area (Å²) in [5.74, 6) is -0.264. The summed E-state index contributed by atoms with van der Waals surface area (Å²) in [6.07, 6.45) is 2.33. The Morgan fingerprint density at radius 1 is 1.42 bits per heavy atom. The zero-order chi connectivity index (χ0) is 18.7. The first-order chi connectivity index (χ1) is 12.5. The molecule has 1 aliphatic carbocycles. The highest BCUT2D eigenvalue weighted by atomic mass is 35.5. The van der Waals surface area contributed by atoms with Crippen LogP contribution < -0.4 is 10.1 Å². The fraction of sp³-hybridized carbons (Fsp3) is 0.368. The first-order valence-electron chi connectivity index (χ1n) is 8.38. The van der Waals surface area contributed by atoms with E-state index < -0.39 is 5.82 Å². The van der Waals surface area contributed by atoms with Crippen molar-refractivity contribution in [3.05, 3.63) is 58.5 Å². The number of benzene rings is 1. The zero-order valence-electron chi connectivity index (χ0n) is 14.3. The van der Waals surface area contributed by atoms with E-state index in [2.05, 4.69) is 10.3 Å². The van der Waals surface area contributed by atoms with E-state index in [9.17, 15) is 14.3 Å². The lowest BCUT2D eigenvalue weighted by Gasteiger charge is -2.38. The minimum atomic E-state index is -0.505. The number of rotatable bonds is 6. The van der Waals surface area contributed by atoms with Crippen LogP contribution in [0.25, 0.3) is 0 Å². The zero-order valence-corrected chi connectivity index (χ0v) is 15.0. The summed E-state index contributed by atoms with van der Waals surface area (Å²) in [6.45, 7) is 0. The van der Waals surface area contributed by atoms with Gasteiger partial charge in [0.25, 0.3) is 0 Å². The van der Waals surface area contributed by atoms with Gasteiger partial charge in [0.15, 0.2) is 0 Å². The Hall–Kier alpha value is -2.18. The van der Waals surface area contributed by atoms with Gasteiger partial charge in [-0.1, -0.05) is 23.7 Å². The fourth-order valence-electron chi connectivity index (χ4n) is 3.16. The van der Waals surface area contributed by atoms with Gasteiger partial charge in [-0.15, -0.1) is 0 Å². The molecule has 0 radical (unpaired) electrons. The molecule has 1 aliphatic rings. The van der Waals surface area contributed by atoms with Gasteiger partial charge in [0.1, 0.15) is 5.82 Å². The van der Waals surface area contributed by atoms with Gasteiger partial charge in [-0.3, -0.25) is 4.79 Å². The molecule has 0 bridgehead atoms. The number of nitrogens with one attached hydrogen (secondary N) is 1. The number of nitrogens with zero attached hydrogens (tertiary/aromatic N) is 1. The molecule has 26 heavy (non-hydrogen) atoms. The van der Waals surface area contributed by atoms with Crippen LogP contribution in [0.3, 0.4) is 0 Å². The predicted molar refractivity (Wildman–Crippen MR) is 95.5 cm³/mol. The summed E-state index contributed by atoms with van der Waals surface area (Å²) < 4.78 is 19.0. The van der Waals surface area contributed by atoms with Gasteiger partial charge >= 0.3 is 0 Å². The molecule has 0 saturated heterocycles. The molecule has 7 heteroatoms. The molecule has 1 amide bonds. The van der Waals surface area contributed by atoms with Crippen LogP contribution in [0.4, 0.5) is 4.39 Å². The van der Waals surface area contributed by atoms with Crippen molar-refractivity contribution in [1.29, 1.82) is 0 Å². The molecule has 138 valence electrons. The average Bonchev–Trinajstić information content (AvgIpc) is 2.61. The number of ether oxygens (including phenoxy) is 1. The minimum Gasteiger partial charge on any atom is -0.481 e. The van der Waals surface area contributed by atoms with Crippen molar-refractivity contribution in [2.24, 2.45) is 5.92 Å². The molecule has 0 unspecified atom stereocenters. The molecule has 1 aromatic carbocycles. The lowest BCUT2D eigenvalue weighted by atomic mass is 9.75. The summed E-state index contributed by atoms with van der Waals surface area (Å²) in [5, 5.41) is 12.8. The van der Waals surface area contributed by atoms with Gasteiger partial charge in [0.05, 0.1) is 25.7 Å². The van der Waals surface area contributed by atoms with Gasteiger partial charge in [-0.05, 0) is 36.5 Å². The van der Waals surface area contributed by atoms with E-state index in [0.29, 0.717) is 18.7 Å². The van der Waals surface area contributed by atoms with E-state index in [-0.39, 0.29) is 41.0 Å². The summed E-state index contributed by atoms with van der Waals surface area (Å²) in [6, 6.07) is 7.58. The van der Waals surface area contributed by atoms with Crippen LogP contribution in [0.1, 0.15) is 30.0 Å². The summed E-state index contributed by atoms with van der Waals surface area (Å²) in [5.41, 5.74) is 0.989. The number of carbonyl (C=O) groups excluding carboxylic acids is 1. The van der Waals surface area contributed by atoms with E-state index in [1.54, 1.807) is 18.3 Å². The third-order valence-corrected chi connectivity index (χ3v) is 5.02. The number of amides is 1. The predicted octanol–water partition coefficient (Wildman–Crippen LogP) is 3.05. The van der Waals surface area contributed by atoms with Gasteiger partial charge in [0.2, 0.25) is 11.8 Å². The van der Waals surface area contributed by atoms with Crippen LogP contribution in [-0.4, -0.2) is 29.2 Å². The largest absolute Gasteiger partial charge is 0.481 e. The average molecular weight is 379 g/mol. The summed E-state index contributed by atoms with van der Waals surface area (Å²) >= 11 is 6.00. The molecule has 0 spiro atoms. The van der Waals surface area contributed by atoms with Crippen molar-refractivity contribution in [3.63, 3.8) is 0 Å². The van der Waals surface area contributed by atoms with Gasteiger partial charge in [-0.25, -0.2) is 9.37 Å². The molecule has 2 N–H and O–H groups in total. The SMILES string of the molecule is COc1ccc([C@@H](NC(=O)Cc2c(F)cccc2Cl)C2CC(O)C2)cn1. The Balaban J connectivity index is 1.75. The van der Waals surface area contributed by atoms with Crippen LogP contribution in [0, 0.1) is 11.7 Å². The Bertz CT molecular complexity index is 759. The van der Waals surface area contributed by atoms with Crippen molar-refractivity contribution in [1.82, 2.24) is 10.3 Å². The Morgan fingerprint density at radius 2 is 2.19 bits per heavy atom. The highest BCUT2D eigenvalue weighted by Gasteiger charge is 2.36. The minimum absolute atomic E-state index is 0.0974. The van der Waals surface area contributed by atoms with Crippen LogP contribution in [-0.2, 0) is 11.2 Å². The van der Waals surface area contributed by atoms with Crippen molar-refractivity contribution >= 4 is 17.5 Å². The molecule has 1 fully saturated rings. The molecular weight excluding hydrogens is 359 g/mol. The van der Waals surface area contributed by atoms with Gasteiger partial charge < -0.3 is 15.2 Å². The lowest BCUT2D eigenvalue weighted by molar-refractivity contribution is -0.122. The van der Waals surface area contributed by atoms with Gasteiger partial charge in [0, 0.05) is 22.8 Å². The molecule has 2 aromatic rings. The van der Waals surface area contributed by atoms with E-state index in [1.165, 1.54) is 19.2 Å². The fourth-order valence-corrected chi connectivity index (χ4v) is 3.39. The summed E-state index contributed by atoms with van der Waals surface area (Å²) in [4.78, 5) is 16.7. The van der Waals surface area contributed by atoms with Crippen LogP contribution in [0.2, 0.25) is 5.02 Å². The maximum atomic E-state index is 13.9. The summed E-state index contributed by atoms with van der Waals surface area (Å²) in [7, 11) is 1.53. The highest BCUT2D eigenvalue weighted by molar-refractivity contribution is 6.31. The molecule has 1 atom stereocenters. The number of pyridine rings is 1. The van der Waals surface area contributed by atoms with Crippen molar-refractivity contribution < 1.29 is 19.0 Å². The maximum absolute atomic E-state index is 13.9. The first-order valence-corrected chi connectivity index (χ1v) is 8.76. The van der Waals surface area contributed by atoms with E-state index in [4.69, 9.17) is 16.3 Å². The Morgan fingerprint density at radius 3 is 2.77 bits per heavy atom. The van der Waals surface area contributed by atoms with E-state index >= 15 is 0 Å². The molecule has 0 aliphatic heterocycles. The first kappa shape index (κ1) is 18.6. The van der Waals surface area contributed by atoms with Gasteiger partial charge in [-0.2, -0.15) is 0 Å². The second kappa shape index (κ2) is 8.01. The third kappa shape index (κ3) is 4.14. The normalized spacial score (nSPS) is 20.2. The molecule has 1 heterocycles. The number of aliphatic hydroxyl groups excluding tert-OH is 1. The second-order valence-corrected chi connectivity index (χ2v) is 6.85. The smallest absolute Gasteiger partial charge is 0.225 e. The molecule has 1 saturated carbocycles. The quantitative estimate of drug-likeness (QED) is 0.810. The van der Waals surface area contributed by atoms with Crippen molar-refractivity contribution in [2.45, 2.75) is 31.4 Å². The monoisotopic (exact) mass is 378 g/mol. The number of aliphatic hydroxyl groups is 1. The Kier molecular flexibility index (Phi) is 5.74. The van der Waals surface area contributed by atoms with Crippen molar-refractivity contribution in [3.8, 4) is 5.88 Å². The van der Waals surface area contributed by atoms with Crippen molar-refractivity contribution in [2.75, 3.05) is 7.11 Å². The van der Waals surface area contributed by atoms with Crippen LogP contribution >= 0.6 is 11.6 Å². The molecule has 1 aromatic heterocycles. The maximum Gasteiger partial charge on any atom is 0.225 e. The number of carbonyl (C=O) groups is 1. The Labute approximate surface area is 156 Å². The highest BCUT2D eigenvalue weighted by Crippen LogP contribution is 2.38. The number of halogens is 2. The van der Waals surface area contributed by atoms with Crippen LogP contribution in [0.15, 0.2) is 36.5 Å². The number of hydrogen-bond donors (Lipinski definition) is 2. The third-order valence-electron chi connectivity index (χ3n) is 4.66. The topological polar surface area (TPSA) is 71.5 Å². The molecule has 5 nitrogen and oxygen atoms in total. The molecule has 3 rings (SSSR count). The van der Waals surface area contributed by atoms with E-state index in [1.807, 2.05) is 6.07 Å².